The number of carbonyl (C=O) groups excluding carboxylic acids is 1. The molecule has 128 valence electrons. The molecule has 3 rings (SSSR count). The van der Waals surface area contributed by atoms with Gasteiger partial charge in [-0.1, -0.05) is 12.1 Å². The van der Waals surface area contributed by atoms with Gasteiger partial charge in [0.05, 0.1) is 14.2 Å². The molecule has 0 spiro atoms. The van der Waals surface area contributed by atoms with Gasteiger partial charge in [-0.2, -0.15) is 0 Å². The van der Waals surface area contributed by atoms with E-state index in [0.29, 0.717) is 28.4 Å². The van der Waals surface area contributed by atoms with E-state index < -0.39 is 0 Å². The zero-order valence-corrected chi connectivity index (χ0v) is 15.1. The second kappa shape index (κ2) is 7.49. The highest BCUT2D eigenvalue weighted by molar-refractivity contribution is 7.98. The third-order valence-corrected chi connectivity index (χ3v) is 4.59. The number of furan rings is 1. The molecule has 0 N–H and O–H groups in total. The largest absolute Gasteiger partial charge is 0.496 e. The van der Waals surface area contributed by atoms with Crippen molar-refractivity contribution in [2.45, 2.75) is 4.90 Å². The molecule has 1 aromatic heterocycles. The second-order valence-electron chi connectivity index (χ2n) is 5.29. The van der Waals surface area contributed by atoms with Gasteiger partial charge in [0.15, 0.2) is 17.1 Å². The van der Waals surface area contributed by atoms with Crippen LogP contribution >= 0.6 is 11.8 Å². The van der Waals surface area contributed by atoms with Crippen molar-refractivity contribution in [3.05, 3.63) is 59.9 Å². The summed E-state index contributed by atoms with van der Waals surface area (Å²) < 4.78 is 16.4. The smallest absolute Gasteiger partial charge is 0.186 e. The number of thioether (sulfide) groups is 1. The summed E-state index contributed by atoms with van der Waals surface area (Å²) in [6.07, 6.45) is 5.13. The summed E-state index contributed by atoms with van der Waals surface area (Å²) in [4.78, 5) is 13.4. The zero-order valence-electron chi connectivity index (χ0n) is 14.2. The Morgan fingerprint density at radius 3 is 2.60 bits per heavy atom. The van der Waals surface area contributed by atoms with Gasteiger partial charge >= 0.3 is 0 Å². The topological polar surface area (TPSA) is 48.7 Å². The third kappa shape index (κ3) is 3.56. The van der Waals surface area contributed by atoms with Crippen LogP contribution in [-0.2, 0) is 0 Å². The number of carbonyl (C=O) groups is 1. The van der Waals surface area contributed by atoms with Gasteiger partial charge < -0.3 is 13.9 Å². The van der Waals surface area contributed by atoms with E-state index in [-0.39, 0.29) is 5.78 Å². The van der Waals surface area contributed by atoms with Gasteiger partial charge in [-0.25, -0.2) is 0 Å². The molecule has 0 radical (unpaired) electrons. The Morgan fingerprint density at radius 1 is 1.08 bits per heavy atom. The van der Waals surface area contributed by atoms with E-state index in [2.05, 4.69) is 0 Å². The number of ketones is 1. The van der Waals surface area contributed by atoms with Crippen LogP contribution in [0.2, 0.25) is 0 Å². The maximum atomic E-state index is 12.4. The van der Waals surface area contributed by atoms with Gasteiger partial charge in [-0.05, 0) is 48.7 Å². The molecule has 0 atom stereocenters. The van der Waals surface area contributed by atoms with Crippen LogP contribution in [0.25, 0.3) is 17.0 Å². The van der Waals surface area contributed by atoms with Crippen molar-refractivity contribution in [2.24, 2.45) is 0 Å². The molecule has 0 saturated carbocycles. The van der Waals surface area contributed by atoms with E-state index in [9.17, 15) is 4.79 Å². The van der Waals surface area contributed by atoms with Crippen LogP contribution in [0, 0.1) is 0 Å². The number of rotatable bonds is 6. The lowest BCUT2D eigenvalue weighted by Crippen LogP contribution is -1.96. The Bertz CT molecular complexity index is 940. The molecule has 3 aromatic rings. The van der Waals surface area contributed by atoms with E-state index in [1.54, 1.807) is 44.2 Å². The Hall–Kier alpha value is -2.66. The lowest BCUT2D eigenvalue weighted by molar-refractivity contribution is 0.104. The minimum absolute atomic E-state index is 0.113. The Morgan fingerprint density at radius 2 is 1.88 bits per heavy atom. The molecule has 0 fully saturated rings. The maximum Gasteiger partial charge on any atom is 0.186 e. The van der Waals surface area contributed by atoms with E-state index >= 15 is 0 Å². The number of benzene rings is 2. The van der Waals surface area contributed by atoms with E-state index in [1.165, 1.54) is 6.08 Å². The number of hydrogen-bond acceptors (Lipinski definition) is 5. The Balaban J connectivity index is 1.85. The predicted octanol–water partition coefficient (Wildman–Crippen LogP) is 5.07. The highest BCUT2D eigenvalue weighted by atomic mass is 32.2. The molecular weight excluding hydrogens is 336 g/mol. The Labute approximate surface area is 150 Å². The van der Waals surface area contributed by atoms with Crippen LogP contribution in [0.4, 0.5) is 0 Å². The van der Waals surface area contributed by atoms with Crippen molar-refractivity contribution < 1.29 is 18.7 Å². The highest BCUT2D eigenvalue weighted by Crippen LogP contribution is 2.30. The van der Waals surface area contributed by atoms with E-state index in [1.807, 2.05) is 36.6 Å². The molecule has 0 aliphatic heterocycles. The van der Waals surface area contributed by atoms with Crippen molar-refractivity contribution >= 4 is 34.6 Å². The first-order chi connectivity index (χ1) is 12.2. The number of methoxy groups -OCH3 is 2. The van der Waals surface area contributed by atoms with Crippen molar-refractivity contribution in [1.82, 2.24) is 0 Å². The maximum absolute atomic E-state index is 12.4. The van der Waals surface area contributed by atoms with Gasteiger partial charge in [0, 0.05) is 15.8 Å². The molecule has 0 unspecified atom stereocenters. The fourth-order valence-electron chi connectivity index (χ4n) is 2.54. The minimum Gasteiger partial charge on any atom is -0.496 e. The number of para-hydroxylation sites is 1. The average molecular weight is 354 g/mol. The molecule has 0 saturated heterocycles. The summed E-state index contributed by atoms with van der Waals surface area (Å²) in [5.74, 6) is 1.85. The second-order valence-corrected chi connectivity index (χ2v) is 6.14. The highest BCUT2D eigenvalue weighted by Gasteiger charge is 2.09. The van der Waals surface area contributed by atoms with Crippen LogP contribution < -0.4 is 9.47 Å². The van der Waals surface area contributed by atoms with Crippen molar-refractivity contribution in [3.63, 3.8) is 0 Å². The van der Waals surface area contributed by atoms with Crippen LogP contribution in [0.5, 0.6) is 11.5 Å². The molecular formula is C20H18O4S. The van der Waals surface area contributed by atoms with Gasteiger partial charge in [-0.3, -0.25) is 4.79 Å². The SMILES string of the molecule is COc1cc(C(=O)/C=C/c2cc3cccc(OC)c3o2)ccc1SC. The van der Waals surface area contributed by atoms with Gasteiger partial charge in [-0.15, -0.1) is 11.8 Å². The Kier molecular flexibility index (Phi) is 5.14. The zero-order chi connectivity index (χ0) is 17.8. The van der Waals surface area contributed by atoms with E-state index in [0.717, 1.165) is 10.3 Å². The molecule has 5 heteroatoms. The normalized spacial score (nSPS) is 11.2. The lowest BCUT2D eigenvalue weighted by Gasteiger charge is -2.07. The third-order valence-electron chi connectivity index (χ3n) is 3.81. The van der Waals surface area contributed by atoms with Gasteiger partial charge in [0.1, 0.15) is 11.5 Å². The molecule has 0 amide bonds. The standard InChI is InChI=1S/C20H18O4S/c1-22-17-6-4-5-14-11-15(24-20(14)17)8-9-16(21)13-7-10-19(25-3)18(12-13)23-2/h4-12H,1-3H3/b9-8+. The molecule has 1 heterocycles. The summed E-state index contributed by atoms with van der Waals surface area (Å²) in [7, 11) is 3.20. The molecule has 25 heavy (non-hydrogen) atoms. The lowest BCUT2D eigenvalue weighted by atomic mass is 10.1. The van der Waals surface area contributed by atoms with Gasteiger partial charge in [0.2, 0.25) is 0 Å². The van der Waals surface area contributed by atoms with E-state index in [4.69, 9.17) is 13.9 Å². The average Bonchev–Trinajstić information content (AvgIpc) is 3.08. The first kappa shape index (κ1) is 17.2. The molecule has 0 aliphatic carbocycles. The van der Waals surface area contributed by atoms with Crippen LogP contribution in [0.3, 0.4) is 0 Å². The summed E-state index contributed by atoms with van der Waals surface area (Å²) in [5.41, 5.74) is 1.24. The van der Waals surface area contributed by atoms with Crippen molar-refractivity contribution in [1.29, 1.82) is 0 Å². The first-order valence-electron chi connectivity index (χ1n) is 7.67. The summed E-state index contributed by atoms with van der Waals surface area (Å²) >= 11 is 1.58. The fourth-order valence-corrected chi connectivity index (χ4v) is 3.09. The first-order valence-corrected chi connectivity index (χ1v) is 8.89. The number of allylic oxidation sites excluding steroid dienone is 1. The molecule has 0 aliphatic rings. The number of ether oxygens (including phenoxy) is 2. The fraction of sp³-hybridized carbons (Fsp3) is 0.150. The molecule has 4 nitrogen and oxygen atoms in total. The minimum atomic E-state index is -0.113. The number of hydrogen-bond donors (Lipinski definition) is 0. The summed E-state index contributed by atoms with van der Waals surface area (Å²) in [6, 6.07) is 13.0. The van der Waals surface area contributed by atoms with Crippen LogP contribution in [0.1, 0.15) is 16.1 Å². The number of fused-ring (bicyclic) bond motifs is 1. The van der Waals surface area contributed by atoms with Crippen molar-refractivity contribution in [3.8, 4) is 11.5 Å². The predicted molar refractivity (Wildman–Crippen MR) is 101 cm³/mol. The van der Waals surface area contributed by atoms with Crippen molar-refractivity contribution in [2.75, 3.05) is 20.5 Å². The van der Waals surface area contributed by atoms with Crippen LogP contribution in [0.15, 0.2) is 57.9 Å². The molecule has 2 aromatic carbocycles. The summed E-state index contributed by atoms with van der Waals surface area (Å²) in [5, 5.41) is 0.928. The monoisotopic (exact) mass is 354 g/mol. The van der Waals surface area contributed by atoms with Crippen LogP contribution in [-0.4, -0.2) is 26.3 Å². The molecule has 0 bridgehead atoms. The summed E-state index contributed by atoms with van der Waals surface area (Å²) in [6.45, 7) is 0. The quantitative estimate of drug-likeness (QED) is 0.351. The van der Waals surface area contributed by atoms with Gasteiger partial charge in [0.25, 0.3) is 0 Å².